The summed E-state index contributed by atoms with van der Waals surface area (Å²) in [5, 5.41) is 7.69. The quantitative estimate of drug-likeness (QED) is 0.823. The number of piperidine rings is 1. The van der Waals surface area contributed by atoms with Crippen LogP contribution in [-0.4, -0.2) is 36.9 Å². The Balaban J connectivity index is 1.48. The van der Waals surface area contributed by atoms with Crippen LogP contribution in [0.4, 0.5) is 0 Å². The van der Waals surface area contributed by atoms with Crippen LogP contribution in [0.5, 0.6) is 0 Å². The van der Waals surface area contributed by atoms with E-state index in [0.717, 1.165) is 31.5 Å². The molecule has 3 heteroatoms. The van der Waals surface area contributed by atoms with Gasteiger partial charge in [-0.3, -0.25) is 0 Å². The molecule has 0 aromatic rings. The fraction of sp³-hybridized carbons (Fsp3) is 1.00. The number of nitrogens with one attached hydrogen (secondary N) is 2. The Morgan fingerprint density at radius 2 is 2.05 bits per heavy atom. The van der Waals surface area contributed by atoms with E-state index in [1.54, 1.807) is 0 Å². The molecular formula is C16H30N2O. The first kappa shape index (κ1) is 13.8. The van der Waals surface area contributed by atoms with E-state index in [1.807, 2.05) is 0 Å². The Hall–Kier alpha value is -0.120. The van der Waals surface area contributed by atoms with Gasteiger partial charge in [0, 0.05) is 30.8 Å². The summed E-state index contributed by atoms with van der Waals surface area (Å²) < 4.78 is 5.71. The molecule has 3 nitrogen and oxygen atoms in total. The van der Waals surface area contributed by atoms with Crippen LogP contribution >= 0.6 is 0 Å². The maximum absolute atomic E-state index is 5.71. The lowest BCUT2D eigenvalue weighted by Gasteiger charge is -2.41. The van der Waals surface area contributed by atoms with Crippen molar-refractivity contribution in [1.82, 2.24) is 10.6 Å². The van der Waals surface area contributed by atoms with Gasteiger partial charge in [0.25, 0.3) is 0 Å². The molecule has 0 amide bonds. The van der Waals surface area contributed by atoms with Crippen LogP contribution in [0.2, 0.25) is 0 Å². The lowest BCUT2D eigenvalue weighted by Crippen LogP contribution is -2.57. The Morgan fingerprint density at radius 3 is 2.84 bits per heavy atom. The molecule has 110 valence electrons. The van der Waals surface area contributed by atoms with Gasteiger partial charge in [0.1, 0.15) is 0 Å². The zero-order valence-electron chi connectivity index (χ0n) is 12.6. The van der Waals surface area contributed by atoms with Crippen LogP contribution in [0.1, 0.15) is 58.8 Å². The molecule has 1 aliphatic carbocycles. The number of rotatable bonds is 3. The summed E-state index contributed by atoms with van der Waals surface area (Å²) in [5.74, 6) is 0.967. The molecule has 2 N–H and O–H groups in total. The molecule has 0 spiro atoms. The first-order chi connectivity index (χ1) is 9.17. The maximum Gasteiger partial charge on any atom is 0.0726 e. The molecule has 3 rings (SSSR count). The third kappa shape index (κ3) is 2.98. The summed E-state index contributed by atoms with van der Waals surface area (Å²) in [5.41, 5.74) is 0.186. The van der Waals surface area contributed by atoms with Crippen molar-refractivity contribution in [1.29, 1.82) is 0 Å². The lowest BCUT2D eigenvalue weighted by molar-refractivity contribution is 0.0853. The van der Waals surface area contributed by atoms with Gasteiger partial charge in [-0.2, -0.15) is 0 Å². The molecule has 19 heavy (non-hydrogen) atoms. The van der Waals surface area contributed by atoms with E-state index >= 15 is 0 Å². The standard InChI is InChI=1S/C16H30N2O/c1-12-16(2,9-10-19-12)17-11-14-8-7-13-5-3-4-6-15(13)18-14/h12-15,17-18H,3-11H2,1-2H3. The first-order valence-corrected chi connectivity index (χ1v) is 8.30. The second-order valence-electron chi connectivity index (χ2n) is 7.15. The molecule has 1 saturated carbocycles. The van der Waals surface area contributed by atoms with Gasteiger partial charge in [0.05, 0.1) is 6.10 Å². The number of hydrogen-bond donors (Lipinski definition) is 2. The third-order valence-electron chi connectivity index (χ3n) is 5.88. The second kappa shape index (κ2) is 5.71. The van der Waals surface area contributed by atoms with Crippen LogP contribution < -0.4 is 10.6 Å². The highest BCUT2D eigenvalue weighted by Gasteiger charge is 2.38. The smallest absolute Gasteiger partial charge is 0.0726 e. The van der Waals surface area contributed by atoms with Crippen molar-refractivity contribution in [2.45, 2.75) is 82.5 Å². The highest BCUT2D eigenvalue weighted by atomic mass is 16.5. The van der Waals surface area contributed by atoms with Gasteiger partial charge in [-0.1, -0.05) is 12.8 Å². The molecule has 2 aliphatic heterocycles. The summed E-state index contributed by atoms with van der Waals surface area (Å²) in [6.45, 7) is 6.53. The fourth-order valence-corrected chi connectivity index (χ4v) is 4.16. The molecule has 2 saturated heterocycles. The molecule has 0 radical (unpaired) electrons. The number of ether oxygens (including phenoxy) is 1. The van der Waals surface area contributed by atoms with E-state index in [4.69, 9.17) is 4.74 Å². The average molecular weight is 266 g/mol. The van der Waals surface area contributed by atoms with Crippen molar-refractivity contribution < 1.29 is 4.74 Å². The highest BCUT2D eigenvalue weighted by molar-refractivity contribution is 4.96. The topological polar surface area (TPSA) is 33.3 Å². The Labute approximate surface area is 117 Å². The lowest BCUT2D eigenvalue weighted by atomic mass is 9.77. The van der Waals surface area contributed by atoms with Gasteiger partial charge >= 0.3 is 0 Å². The van der Waals surface area contributed by atoms with E-state index in [2.05, 4.69) is 24.5 Å². The maximum atomic E-state index is 5.71. The Bertz CT molecular complexity index is 309. The number of fused-ring (bicyclic) bond motifs is 1. The summed E-state index contributed by atoms with van der Waals surface area (Å²) in [7, 11) is 0. The van der Waals surface area contributed by atoms with Crippen LogP contribution in [0, 0.1) is 5.92 Å². The fourth-order valence-electron chi connectivity index (χ4n) is 4.16. The summed E-state index contributed by atoms with van der Waals surface area (Å²) in [4.78, 5) is 0. The van der Waals surface area contributed by atoms with Crippen molar-refractivity contribution in [3.8, 4) is 0 Å². The van der Waals surface area contributed by atoms with E-state index in [0.29, 0.717) is 12.1 Å². The van der Waals surface area contributed by atoms with Crippen molar-refractivity contribution in [2.75, 3.05) is 13.2 Å². The monoisotopic (exact) mass is 266 g/mol. The molecule has 3 fully saturated rings. The minimum absolute atomic E-state index is 0.186. The largest absolute Gasteiger partial charge is 0.377 e. The molecular weight excluding hydrogens is 236 g/mol. The van der Waals surface area contributed by atoms with Crippen LogP contribution in [0.15, 0.2) is 0 Å². The predicted molar refractivity (Wildman–Crippen MR) is 78.3 cm³/mol. The Morgan fingerprint density at radius 1 is 1.21 bits per heavy atom. The Kier molecular flexibility index (Phi) is 4.16. The van der Waals surface area contributed by atoms with E-state index in [1.165, 1.54) is 38.5 Å². The van der Waals surface area contributed by atoms with Crippen molar-refractivity contribution in [2.24, 2.45) is 5.92 Å². The van der Waals surface area contributed by atoms with Gasteiger partial charge in [-0.25, -0.2) is 0 Å². The molecule has 5 atom stereocenters. The molecule has 0 aromatic carbocycles. The SMILES string of the molecule is CC1OCCC1(C)NCC1CCC2CCCCC2N1. The molecule has 0 bridgehead atoms. The summed E-state index contributed by atoms with van der Waals surface area (Å²) in [6, 6.07) is 1.48. The average Bonchev–Trinajstić information content (AvgIpc) is 2.77. The normalized spacial score (nSPS) is 47.1. The van der Waals surface area contributed by atoms with Gasteiger partial charge < -0.3 is 15.4 Å². The summed E-state index contributed by atoms with van der Waals surface area (Å²) in [6.07, 6.45) is 10.0. The van der Waals surface area contributed by atoms with Gasteiger partial charge in [0.2, 0.25) is 0 Å². The first-order valence-electron chi connectivity index (χ1n) is 8.30. The van der Waals surface area contributed by atoms with E-state index < -0.39 is 0 Å². The zero-order valence-corrected chi connectivity index (χ0v) is 12.6. The predicted octanol–water partition coefficient (Wildman–Crippen LogP) is 2.45. The van der Waals surface area contributed by atoms with E-state index in [-0.39, 0.29) is 5.54 Å². The van der Waals surface area contributed by atoms with Gasteiger partial charge in [-0.05, 0) is 51.9 Å². The second-order valence-corrected chi connectivity index (χ2v) is 7.15. The third-order valence-corrected chi connectivity index (χ3v) is 5.88. The summed E-state index contributed by atoms with van der Waals surface area (Å²) >= 11 is 0. The van der Waals surface area contributed by atoms with Gasteiger partial charge in [0.15, 0.2) is 0 Å². The van der Waals surface area contributed by atoms with Crippen molar-refractivity contribution in [3.63, 3.8) is 0 Å². The molecule has 0 aromatic heterocycles. The minimum Gasteiger partial charge on any atom is -0.377 e. The number of hydrogen-bond acceptors (Lipinski definition) is 3. The molecule has 3 aliphatic rings. The molecule has 2 heterocycles. The highest BCUT2D eigenvalue weighted by Crippen LogP contribution is 2.32. The molecule has 5 unspecified atom stereocenters. The van der Waals surface area contributed by atoms with Gasteiger partial charge in [-0.15, -0.1) is 0 Å². The van der Waals surface area contributed by atoms with Crippen molar-refractivity contribution >= 4 is 0 Å². The van der Waals surface area contributed by atoms with Crippen LogP contribution in [0.3, 0.4) is 0 Å². The zero-order chi connectivity index (χ0) is 13.3. The minimum atomic E-state index is 0.186. The van der Waals surface area contributed by atoms with Crippen LogP contribution in [0.25, 0.3) is 0 Å². The van der Waals surface area contributed by atoms with E-state index in [9.17, 15) is 0 Å². The van der Waals surface area contributed by atoms with Crippen molar-refractivity contribution in [3.05, 3.63) is 0 Å². The van der Waals surface area contributed by atoms with Crippen LogP contribution in [-0.2, 0) is 4.74 Å².